The summed E-state index contributed by atoms with van der Waals surface area (Å²) in [6.07, 6.45) is 2.20. The monoisotopic (exact) mass is 320 g/mol. The second kappa shape index (κ2) is 9.22. The summed E-state index contributed by atoms with van der Waals surface area (Å²) in [5.74, 6) is 0. The van der Waals surface area contributed by atoms with E-state index in [0.29, 0.717) is 19.8 Å². The van der Waals surface area contributed by atoms with Crippen molar-refractivity contribution in [1.82, 2.24) is 0 Å². The molecule has 0 amide bonds. The molecule has 0 radical (unpaired) electrons. The number of rotatable bonds is 12. The number of ether oxygens (including phenoxy) is 2. The summed E-state index contributed by atoms with van der Waals surface area (Å²) < 4.78 is 28.6. The maximum atomic E-state index is 5.88. The lowest BCUT2D eigenvalue weighted by Crippen LogP contribution is -2.50. The third kappa shape index (κ3) is 5.30. The smallest absolute Gasteiger partial charge is 0.381 e. The van der Waals surface area contributed by atoms with Crippen LogP contribution in [-0.4, -0.2) is 55.1 Å². The van der Waals surface area contributed by atoms with Gasteiger partial charge in [-0.3, -0.25) is 0 Å². The Morgan fingerprint density at radius 3 is 1.90 bits per heavy atom. The van der Waals surface area contributed by atoms with Gasteiger partial charge in [-0.05, 0) is 33.6 Å². The van der Waals surface area contributed by atoms with Crippen LogP contribution in [0.15, 0.2) is 0 Å². The van der Waals surface area contributed by atoms with Crippen molar-refractivity contribution in [2.24, 2.45) is 5.41 Å². The highest BCUT2D eigenvalue weighted by Crippen LogP contribution is 2.35. The van der Waals surface area contributed by atoms with E-state index in [1.165, 1.54) is 0 Å². The lowest BCUT2D eigenvalue weighted by atomic mass is 9.80. The van der Waals surface area contributed by atoms with Crippen LogP contribution >= 0.6 is 0 Å². The Balaban J connectivity index is 2.50. The molecule has 21 heavy (non-hydrogen) atoms. The second-order valence-electron chi connectivity index (χ2n) is 5.75. The molecule has 0 bridgehead atoms. The van der Waals surface area contributed by atoms with E-state index in [4.69, 9.17) is 22.8 Å². The molecular formula is C15H32O5Si. The van der Waals surface area contributed by atoms with E-state index in [1.807, 2.05) is 20.8 Å². The molecule has 0 aromatic carbocycles. The Morgan fingerprint density at radius 1 is 1.05 bits per heavy atom. The highest BCUT2D eigenvalue weighted by molar-refractivity contribution is 6.60. The molecule has 0 aromatic heterocycles. The summed E-state index contributed by atoms with van der Waals surface area (Å²) in [5, 5.41) is 0. The topological polar surface area (TPSA) is 46.2 Å². The predicted molar refractivity (Wildman–Crippen MR) is 84.4 cm³/mol. The zero-order valence-corrected chi connectivity index (χ0v) is 15.3. The van der Waals surface area contributed by atoms with Crippen LogP contribution in [0.5, 0.6) is 0 Å². The first-order chi connectivity index (χ1) is 10.1. The van der Waals surface area contributed by atoms with Crippen LogP contribution in [-0.2, 0) is 22.8 Å². The molecule has 5 nitrogen and oxygen atoms in total. The lowest BCUT2D eigenvalue weighted by Gasteiger charge is -2.43. The van der Waals surface area contributed by atoms with Crippen LogP contribution in [0.1, 0.15) is 40.5 Å². The Labute approximate surface area is 130 Å². The molecule has 1 saturated heterocycles. The summed E-state index contributed by atoms with van der Waals surface area (Å²) in [5.41, 5.74) is 0.155. The van der Waals surface area contributed by atoms with E-state index >= 15 is 0 Å². The summed E-state index contributed by atoms with van der Waals surface area (Å²) in [4.78, 5) is 0. The molecule has 126 valence electrons. The van der Waals surface area contributed by atoms with Gasteiger partial charge >= 0.3 is 8.80 Å². The van der Waals surface area contributed by atoms with Crippen molar-refractivity contribution in [2.45, 2.75) is 52.7 Å². The Bertz CT molecular complexity index is 266. The van der Waals surface area contributed by atoms with Gasteiger partial charge in [-0.15, -0.1) is 0 Å². The van der Waals surface area contributed by atoms with Gasteiger partial charge in [0.15, 0.2) is 0 Å². The second-order valence-corrected chi connectivity index (χ2v) is 8.48. The maximum absolute atomic E-state index is 5.88. The van der Waals surface area contributed by atoms with Crippen molar-refractivity contribution in [2.75, 3.05) is 40.1 Å². The minimum absolute atomic E-state index is 0.155. The molecule has 0 N–H and O–H groups in total. The molecular weight excluding hydrogens is 288 g/mol. The maximum Gasteiger partial charge on any atom is 0.500 e. The fourth-order valence-electron chi connectivity index (χ4n) is 2.87. The van der Waals surface area contributed by atoms with Gasteiger partial charge < -0.3 is 22.8 Å². The molecule has 1 heterocycles. The van der Waals surface area contributed by atoms with E-state index in [9.17, 15) is 0 Å². The molecule has 1 fully saturated rings. The largest absolute Gasteiger partial charge is 0.500 e. The Kier molecular flexibility index (Phi) is 8.37. The molecule has 1 aliphatic rings. The molecule has 1 unspecified atom stereocenters. The molecule has 0 spiro atoms. The van der Waals surface area contributed by atoms with E-state index in [1.54, 1.807) is 7.11 Å². The van der Waals surface area contributed by atoms with Crippen LogP contribution < -0.4 is 0 Å². The molecule has 0 saturated carbocycles. The molecule has 0 aromatic rings. The van der Waals surface area contributed by atoms with E-state index in [-0.39, 0.29) is 11.5 Å². The number of methoxy groups -OCH3 is 1. The number of hydrogen-bond acceptors (Lipinski definition) is 5. The minimum atomic E-state index is -2.51. The molecule has 0 aliphatic carbocycles. The zero-order chi connectivity index (χ0) is 15.8. The van der Waals surface area contributed by atoms with Crippen LogP contribution in [0, 0.1) is 5.41 Å². The lowest BCUT2D eigenvalue weighted by molar-refractivity contribution is -0.171. The minimum Gasteiger partial charge on any atom is -0.381 e. The third-order valence-corrected chi connectivity index (χ3v) is 7.12. The van der Waals surface area contributed by atoms with Gasteiger partial charge in [-0.2, -0.15) is 0 Å². The van der Waals surface area contributed by atoms with Crippen molar-refractivity contribution < 1.29 is 22.8 Å². The SMILES string of the molecule is CCO[Si](CCCC(OC)C1(C)COC1)(OCC)OCC. The Morgan fingerprint density at radius 2 is 1.57 bits per heavy atom. The average Bonchev–Trinajstić information content (AvgIpc) is 2.42. The van der Waals surface area contributed by atoms with Gasteiger partial charge in [0, 0.05) is 38.4 Å². The molecule has 1 aliphatic heterocycles. The van der Waals surface area contributed by atoms with E-state index < -0.39 is 8.80 Å². The average molecular weight is 321 g/mol. The summed E-state index contributed by atoms with van der Waals surface area (Å²) in [6.45, 7) is 11.7. The van der Waals surface area contributed by atoms with Crippen molar-refractivity contribution >= 4 is 8.80 Å². The fourth-order valence-corrected chi connectivity index (χ4v) is 5.51. The predicted octanol–water partition coefficient (Wildman–Crippen LogP) is 2.87. The summed E-state index contributed by atoms with van der Waals surface area (Å²) >= 11 is 0. The van der Waals surface area contributed by atoms with Crippen LogP contribution in [0.2, 0.25) is 6.04 Å². The van der Waals surface area contributed by atoms with E-state index in [0.717, 1.165) is 32.1 Å². The van der Waals surface area contributed by atoms with Crippen LogP contribution in [0.3, 0.4) is 0 Å². The first kappa shape index (κ1) is 19.1. The highest BCUT2D eigenvalue weighted by atomic mass is 28.4. The van der Waals surface area contributed by atoms with Crippen molar-refractivity contribution in [3.63, 3.8) is 0 Å². The van der Waals surface area contributed by atoms with Gasteiger partial charge in [-0.25, -0.2) is 0 Å². The van der Waals surface area contributed by atoms with Crippen molar-refractivity contribution in [3.8, 4) is 0 Å². The standard InChI is InChI=1S/C15H32O5Si/c1-6-18-21(19-7-2,20-8-3)11-9-10-14(16-5)15(4)12-17-13-15/h14H,6-13H2,1-5H3. The summed E-state index contributed by atoms with van der Waals surface area (Å²) in [7, 11) is -0.729. The third-order valence-electron chi connectivity index (χ3n) is 3.97. The fraction of sp³-hybridized carbons (Fsp3) is 1.00. The summed E-state index contributed by atoms with van der Waals surface area (Å²) in [6, 6.07) is 0.847. The zero-order valence-electron chi connectivity index (χ0n) is 14.3. The Hall–Kier alpha value is 0.0169. The van der Waals surface area contributed by atoms with Gasteiger partial charge in [0.25, 0.3) is 0 Å². The molecule has 1 rings (SSSR count). The van der Waals surface area contributed by atoms with Gasteiger partial charge in [-0.1, -0.05) is 6.92 Å². The van der Waals surface area contributed by atoms with Crippen LogP contribution in [0.4, 0.5) is 0 Å². The quantitative estimate of drug-likeness (QED) is 0.517. The van der Waals surface area contributed by atoms with Crippen LogP contribution in [0.25, 0.3) is 0 Å². The molecule has 1 atom stereocenters. The van der Waals surface area contributed by atoms with Crippen molar-refractivity contribution in [3.05, 3.63) is 0 Å². The number of hydrogen-bond donors (Lipinski definition) is 0. The van der Waals surface area contributed by atoms with Gasteiger partial charge in [0.2, 0.25) is 0 Å². The molecule has 6 heteroatoms. The van der Waals surface area contributed by atoms with Crippen molar-refractivity contribution in [1.29, 1.82) is 0 Å². The normalized spacial score (nSPS) is 19.3. The highest BCUT2D eigenvalue weighted by Gasteiger charge is 2.43. The first-order valence-electron chi connectivity index (χ1n) is 8.08. The van der Waals surface area contributed by atoms with Gasteiger partial charge in [0.1, 0.15) is 0 Å². The first-order valence-corrected chi connectivity index (χ1v) is 10.0. The van der Waals surface area contributed by atoms with E-state index in [2.05, 4.69) is 6.92 Å². The van der Waals surface area contributed by atoms with Gasteiger partial charge in [0.05, 0.1) is 19.3 Å².